The molecule has 11 nitrogen and oxygen atoms in total. The number of rotatable bonds is 11. The summed E-state index contributed by atoms with van der Waals surface area (Å²) in [6, 6.07) is 2.08. The second-order valence-electron chi connectivity index (χ2n) is 11.3. The summed E-state index contributed by atoms with van der Waals surface area (Å²) in [7, 11) is 0. The molecule has 1 saturated heterocycles. The molecule has 0 aliphatic carbocycles. The Hall–Kier alpha value is -5.46. The maximum Gasteiger partial charge on any atom is 0.450 e. The van der Waals surface area contributed by atoms with Crippen LogP contribution in [0.4, 0.5) is 40.9 Å². The molecule has 51 heavy (non-hydrogen) atoms. The third kappa shape index (κ3) is 7.97. The van der Waals surface area contributed by atoms with E-state index in [-0.39, 0.29) is 53.6 Å². The number of piperidine rings is 1. The Morgan fingerprint density at radius 2 is 1.73 bits per heavy atom. The van der Waals surface area contributed by atoms with Crippen LogP contribution in [0, 0.1) is 29.1 Å². The van der Waals surface area contributed by atoms with Crippen molar-refractivity contribution in [1.29, 1.82) is 0 Å². The molecule has 0 radical (unpaired) electrons. The zero-order valence-electron chi connectivity index (χ0n) is 26.4. The van der Waals surface area contributed by atoms with Crippen LogP contribution in [0.5, 0.6) is 11.5 Å². The number of carbonyl (C=O) groups excluding carboxylic acids is 3. The smallest absolute Gasteiger partial charge is 0.450 e. The molecule has 1 unspecified atom stereocenters. The van der Waals surface area contributed by atoms with Gasteiger partial charge in [0.1, 0.15) is 29.4 Å². The normalized spacial score (nSPS) is 15.1. The highest BCUT2D eigenvalue weighted by atomic mass is 19.4. The Kier molecular flexibility index (Phi) is 10.7. The molecule has 1 aliphatic heterocycles. The van der Waals surface area contributed by atoms with E-state index in [1.54, 1.807) is 6.92 Å². The van der Waals surface area contributed by atoms with E-state index in [2.05, 4.69) is 27.0 Å². The zero-order valence-corrected chi connectivity index (χ0v) is 26.4. The van der Waals surface area contributed by atoms with Crippen molar-refractivity contribution in [1.82, 2.24) is 24.6 Å². The Labute approximate surface area is 282 Å². The van der Waals surface area contributed by atoms with Crippen molar-refractivity contribution in [3.63, 3.8) is 0 Å². The van der Waals surface area contributed by atoms with Crippen LogP contribution >= 0.6 is 0 Å². The molecule has 1 atom stereocenters. The maximum absolute atomic E-state index is 15.8. The maximum atomic E-state index is 15.8. The second kappa shape index (κ2) is 14.8. The van der Waals surface area contributed by atoms with Gasteiger partial charge in [0, 0.05) is 36.4 Å². The van der Waals surface area contributed by atoms with Gasteiger partial charge in [-0.3, -0.25) is 14.5 Å². The van der Waals surface area contributed by atoms with E-state index in [0.717, 1.165) is 18.5 Å². The summed E-state index contributed by atoms with van der Waals surface area (Å²) in [6.45, 7) is 6.51. The number of carbonyl (C=O) groups is 3. The lowest BCUT2D eigenvalue weighted by Gasteiger charge is -2.33. The minimum atomic E-state index is -5.30. The van der Waals surface area contributed by atoms with Crippen LogP contribution in [0.3, 0.4) is 0 Å². The number of ketones is 1. The van der Waals surface area contributed by atoms with Gasteiger partial charge in [-0.1, -0.05) is 6.58 Å². The van der Waals surface area contributed by atoms with Gasteiger partial charge in [-0.2, -0.15) is 27.1 Å². The van der Waals surface area contributed by atoms with Crippen molar-refractivity contribution in [2.75, 3.05) is 31.6 Å². The molecular weight excluding hydrogens is 700 g/mol. The summed E-state index contributed by atoms with van der Waals surface area (Å²) < 4.78 is 122. The van der Waals surface area contributed by atoms with Crippen LogP contribution in [-0.2, 0) is 19.1 Å². The van der Waals surface area contributed by atoms with Gasteiger partial charge in [-0.05, 0) is 38.4 Å². The van der Waals surface area contributed by atoms with E-state index in [4.69, 9.17) is 9.47 Å². The monoisotopic (exact) mass is 726 g/mol. The van der Waals surface area contributed by atoms with Crippen molar-refractivity contribution in [2.24, 2.45) is 0 Å². The molecule has 1 N–H and O–H groups in total. The number of halogens is 8. The first-order chi connectivity index (χ1) is 24.1. The number of anilines is 1. The summed E-state index contributed by atoms with van der Waals surface area (Å²) in [5.74, 6) is -15.3. The standard InChI is InChI=1S/C32H26F8N6O5/c1-3-50-31(49)15(2)12-45-8-4-5-16(13-45)46-30-24(29(41-14-42-30)43-23(48)11-22(47)32(38,39)40)27(44-46)18-7-6-17(9-19(18)33)51-28-25(36)20(34)10-21(35)26(28)37/h6-7,9-10,14,16H,2-5,8,11-13H2,1H3,(H,41,42,43,48). The van der Waals surface area contributed by atoms with E-state index in [1.165, 1.54) is 4.68 Å². The van der Waals surface area contributed by atoms with Gasteiger partial charge in [0.2, 0.25) is 29.1 Å². The third-order valence-electron chi connectivity index (χ3n) is 7.68. The third-order valence-corrected chi connectivity index (χ3v) is 7.68. The number of alkyl halides is 3. The number of likely N-dealkylation sites (tertiary alicyclic amines) is 1. The Morgan fingerprint density at radius 1 is 1.02 bits per heavy atom. The quantitative estimate of drug-likeness (QED) is 0.0632. The van der Waals surface area contributed by atoms with Crippen molar-refractivity contribution in [3.8, 4) is 22.8 Å². The lowest BCUT2D eigenvalue weighted by Crippen LogP contribution is -2.39. The average molecular weight is 727 g/mol. The van der Waals surface area contributed by atoms with Gasteiger partial charge < -0.3 is 14.8 Å². The molecule has 5 rings (SSSR count). The fourth-order valence-corrected chi connectivity index (χ4v) is 5.39. The van der Waals surface area contributed by atoms with Crippen LogP contribution in [-0.4, -0.2) is 74.7 Å². The van der Waals surface area contributed by atoms with Crippen LogP contribution < -0.4 is 10.1 Å². The highest BCUT2D eigenvalue weighted by Gasteiger charge is 2.39. The Balaban J connectivity index is 1.55. The SMILES string of the molecule is C=C(CN1CCCC(n2nc(-c3ccc(Oc4c(F)c(F)cc(F)c4F)cc3F)c3c(NC(=O)CC(=O)C(F)(F)F)ncnc32)C1)C(=O)OCC. The predicted molar refractivity (Wildman–Crippen MR) is 162 cm³/mol. The van der Waals surface area contributed by atoms with Gasteiger partial charge in [-0.15, -0.1) is 0 Å². The predicted octanol–water partition coefficient (Wildman–Crippen LogP) is 6.20. The topological polar surface area (TPSA) is 129 Å². The van der Waals surface area contributed by atoms with Gasteiger partial charge in [0.15, 0.2) is 17.3 Å². The van der Waals surface area contributed by atoms with E-state index < -0.39 is 82.7 Å². The lowest BCUT2D eigenvalue weighted by atomic mass is 10.0. The summed E-state index contributed by atoms with van der Waals surface area (Å²) in [5, 5.41) is 6.49. The fourth-order valence-electron chi connectivity index (χ4n) is 5.39. The van der Waals surface area contributed by atoms with Crippen LogP contribution in [0.25, 0.3) is 22.3 Å². The number of nitrogens with zero attached hydrogens (tertiary/aromatic N) is 5. The molecule has 0 spiro atoms. The molecule has 0 bridgehead atoms. The van der Waals surface area contributed by atoms with Crippen molar-refractivity contribution < 1.29 is 59.0 Å². The van der Waals surface area contributed by atoms with E-state index in [9.17, 15) is 45.1 Å². The fraction of sp³-hybridized carbons (Fsp3) is 0.312. The zero-order chi connectivity index (χ0) is 37.2. The first-order valence-electron chi connectivity index (χ1n) is 15.1. The van der Waals surface area contributed by atoms with Gasteiger partial charge in [-0.25, -0.2) is 32.6 Å². The largest absolute Gasteiger partial charge is 0.463 e. The molecule has 2 aromatic heterocycles. The van der Waals surface area contributed by atoms with Crippen LogP contribution in [0.2, 0.25) is 0 Å². The highest BCUT2D eigenvalue weighted by Crippen LogP contribution is 2.38. The Morgan fingerprint density at radius 3 is 2.37 bits per heavy atom. The van der Waals surface area contributed by atoms with Gasteiger partial charge >= 0.3 is 12.1 Å². The summed E-state index contributed by atoms with van der Waals surface area (Å²) in [5.41, 5.74) is -0.422. The summed E-state index contributed by atoms with van der Waals surface area (Å²) in [4.78, 5) is 46.2. The number of amides is 1. The van der Waals surface area contributed by atoms with E-state index >= 15 is 4.39 Å². The van der Waals surface area contributed by atoms with Crippen LogP contribution in [0.15, 0.2) is 42.7 Å². The summed E-state index contributed by atoms with van der Waals surface area (Å²) >= 11 is 0. The van der Waals surface area contributed by atoms with Crippen molar-refractivity contribution in [2.45, 2.75) is 38.4 Å². The molecule has 3 heterocycles. The molecule has 1 fully saturated rings. The number of nitrogens with one attached hydrogen (secondary N) is 1. The molecule has 270 valence electrons. The number of hydrogen-bond acceptors (Lipinski definition) is 9. The Bertz CT molecular complexity index is 2010. The molecule has 19 heteroatoms. The first-order valence-corrected chi connectivity index (χ1v) is 15.1. The average Bonchev–Trinajstić information content (AvgIpc) is 3.46. The number of esters is 1. The van der Waals surface area contributed by atoms with E-state index in [0.29, 0.717) is 25.5 Å². The molecule has 1 aliphatic rings. The molecule has 1 amide bonds. The molecule has 4 aromatic rings. The van der Waals surface area contributed by atoms with Crippen molar-refractivity contribution >= 4 is 34.5 Å². The highest BCUT2D eigenvalue weighted by molar-refractivity contribution is 6.10. The summed E-state index contributed by atoms with van der Waals surface area (Å²) in [6.07, 6.45) is -4.85. The van der Waals surface area contributed by atoms with Crippen LogP contribution in [0.1, 0.15) is 32.2 Å². The second-order valence-corrected chi connectivity index (χ2v) is 11.3. The van der Waals surface area contributed by atoms with Gasteiger partial charge in [0.25, 0.3) is 0 Å². The number of ether oxygens (including phenoxy) is 2. The molecular formula is C32H26F8N6O5. The van der Waals surface area contributed by atoms with Gasteiger partial charge in [0.05, 0.1) is 24.5 Å². The molecule has 0 saturated carbocycles. The lowest BCUT2D eigenvalue weighted by molar-refractivity contribution is -0.171. The minimum Gasteiger partial charge on any atom is -0.463 e. The van der Waals surface area contributed by atoms with E-state index in [1.807, 2.05) is 4.90 Å². The number of Topliss-reactive ketones (excluding diaryl/α,β-unsaturated/α-hetero) is 1. The number of benzene rings is 2. The van der Waals surface area contributed by atoms with Crippen molar-refractivity contribution in [3.05, 3.63) is 71.8 Å². The number of aromatic nitrogens is 4. The number of fused-ring (bicyclic) bond motifs is 1. The first kappa shape index (κ1) is 36.8. The molecule has 2 aromatic carbocycles. The number of hydrogen-bond donors (Lipinski definition) is 1. The minimum absolute atomic E-state index is 0.00683.